The molecule has 0 fully saturated rings. The Bertz CT molecular complexity index is 200. The average molecular weight is 218 g/mol. The second kappa shape index (κ2) is 7.23. The maximum absolute atomic E-state index is 10.5. The van der Waals surface area contributed by atoms with Gasteiger partial charge in [-0.2, -0.15) is 0 Å². The molecule has 0 aromatic rings. The Kier molecular flexibility index (Phi) is 6.70. The van der Waals surface area contributed by atoms with Gasteiger partial charge in [0.15, 0.2) is 5.92 Å². The number of aliphatic hydroxyl groups excluding tert-OH is 1. The molecule has 3 N–H and O–H groups in total. The average Bonchev–Trinajstić information content (AvgIpc) is 2.11. The molecular weight excluding hydrogens is 200 g/mol. The number of hydrogen-bond acceptors (Lipinski definition) is 3. The lowest BCUT2D eigenvalue weighted by molar-refractivity contribution is -0.160. The van der Waals surface area contributed by atoms with Crippen LogP contribution in [0, 0.1) is 5.92 Å². The van der Waals surface area contributed by atoms with Crippen molar-refractivity contribution in [3.8, 4) is 0 Å². The number of aliphatic hydroxyl groups is 1. The van der Waals surface area contributed by atoms with Gasteiger partial charge in [0.25, 0.3) is 0 Å². The maximum Gasteiger partial charge on any atom is 0.320 e. The third-order valence-corrected chi connectivity index (χ3v) is 2.27. The quantitative estimate of drug-likeness (QED) is 0.419. The largest absolute Gasteiger partial charge is 0.481 e. The Labute approximate surface area is 88.7 Å². The molecule has 0 rings (SSSR count). The minimum absolute atomic E-state index is 0.225. The smallest absolute Gasteiger partial charge is 0.320 e. The van der Waals surface area contributed by atoms with E-state index in [9.17, 15) is 14.7 Å². The monoisotopic (exact) mass is 218 g/mol. The highest BCUT2D eigenvalue weighted by Crippen LogP contribution is 2.13. The lowest BCUT2D eigenvalue weighted by Crippen LogP contribution is -2.34. The lowest BCUT2D eigenvalue weighted by Gasteiger charge is -2.14. The van der Waals surface area contributed by atoms with Crippen LogP contribution in [0.2, 0.25) is 0 Å². The van der Waals surface area contributed by atoms with E-state index in [1.54, 1.807) is 0 Å². The first-order valence-electron chi connectivity index (χ1n) is 5.14. The van der Waals surface area contributed by atoms with Crippen molar-refractivity contribution < 1.29 is 24.9 Å². The fraction of sp³-hybridized carbons (Fsp3) is 0.800. The van der Waals surface area contributed by atoms with Gasteiger partial charge < -0.3 is 15.3 Å². The molecule has 0 amide bonds. The number of hydrogen-bond donors (Lipinski definition) is 3. The van der Waals surface area contributed by atoms with Crippen LogP contribution in [0.25, 0.3) is 0 Å². The highest BCUT2D eigenvalue weighted by Gasteiger charge is 2.33. The maximum atomic E-state index is 10.5. The first-order valence-corrected chi connectivity index (χ1v) is 5.14. The van der Waals surface area contributed by atoms with Crippen LogP contribution in [0.3, 0.4) is 0 Å². The van der Waals surface area contributed by atoms with Gasteiger partial charge in [-0.15, -0.1) is 0 Å². The Morgan fingerprint density at radius 1 is 1.07 bits per heavy atom. The van der Waals surface area contributed by atoms with Gasteiger partial charge in [0.1, 0.15) is 0 Å². The van der Waals surface area contributed by atoms with Crippen molar-refractivity contribution in [2.24, 2.45) is 5.92 Å². The molecule has 0 aliphatic heterocycles. The highest BCUT2D eigenvalue weighted by atomic mass is 16.4. The van der Waals surface area contributed by atoms with Crippen molar-refractivity contribution in [3.05, 3.63) is 0 Å². The Balaban J connectivity index is 3.98. The van der Waals surface area contributed by atoms with Crippen molar-refractivity contribution in [2.45, 2.75) is 45.1 Å². The summed E-state index contributed by atoms with van der Waals surface area (Å²) in [4.78, 5) is 21.1. The molecule has 0 saturated heterocycles. The fourth-order valence-corrected chi connectivity index (χ4v) is 1.38. The van der Waals surface area contributed by atoms with Crippen LogP contribution in [-0.2, 0) is 9.59 Å². The predicted molar refractivity (Wildman–Crippen MR) is 53.5 cm³/mol. The highest BCUT2D eigenvalue weighted by molar-refractivity contribution is 5.93. The molecule has 0 aromatic heterocycles. The molecule has 5 nitrogen and oxygen atoms in total. The van der Waals surface area contributed by atoms with Crippen LogP contribution >= 0.6 is 0 Å². The molecule has 0 heterocycles. The molecule has 0 bridgehead atoms. The molecule has 1 unspecified atom stereocenters. The summed E-state index contributed by atoms with van der Waals surface area (Å²) in [6, 6.07) is 0. The van der Waals surface area contributed by atoms with Crippen molar-refractivity contribution in [1.82, 2.24) is 0 Å². The van der Waals surface area contributed by atoms with Crippen LogP contribution in [0.5, 0.6) is 0 Å². The molecule has 1 atom stereocenters. The topological polar surface area (TPSA) is 94.8 Å². The van der Waals surface area contributed by atoms with Gasteiger partial charge in [-0.1, -0.05) is 32.6 Å². The summed E-state index contributed by atoms with van der Waals surface area (Å²) in [5.41, 5.74) is 0. The van der Waals surface area contributed by atoms with Crippen LogP contribution in [0.1, 0.15) is 39.0 Å². The summed E-state index contributed by atoms with van der Waals surface area (Å²) in [5.74, 6) is -4.66. The van der Waals surface area contributed by atoms with Crippen molar-refractivity contribution >= 4 is 11.9 Å². The SMILES string of the molecule is CCCCCCC(O)C(C(=O)O)C(=O)O. The van der Waals surface area contributed by atoms with Crippen LogP contribution < -0.4 is 0 Å². The van der Waals surface area contributed by atoms with E-state index in [4.69, 9.17) is 10.2 Å². The van der Waals surface area contributed by atoms with E-state index >= 15 is 0 Å². The van der Waals surface area contributed by atoms with Crippen LogP contribution in [0.4, 0.5) is 0 Å². The van der Waals surface area contributed by atoms with Crippen LogP contribution in [0.15, 0.2) is 0 Å². The summed E-state index contributed by atoms with van der Waals surface area (Å²) in [7, 11) is 0. The number of unbranched alkanes of at least 4 members (excludes halogenated alkanes) is 3. The van der Waals surface area contributed by atoms with Gasteiger partial charge in [0.05, 0.1) is 6.10 Å². The van der Waals surface area contributed by atoms with Gasteiger partial charge in [0.2, 0.25) is 0 Å². The molecule has 0 aliphatic rings. The number of rotatable bonds is 8. The summed E-state index contributed by atoms with van der Waals surface area (Å²) < 4.78 is 0. The third kappa shape index (κ3) is 5.37. The van der Waals surface area contributed by atoms with Gasteiger partial charge in [-0.25, -0.2) is 0 Å². The molecule has 88 valence electrons. The van der Waals surface area contributed by atoms with Gasteiger partial charge in [-0.3, -0.25) is 9.59 Å². The fourth-order valence-electron chi connectivity index (χ4n) is 1.38. The van der Waals surface area contributed by atoms with E-state index in [0.29, 0.717) is 6.42 Å². The molecule has 0 radical (unpaired) electrons. The van der Waals surface area contributed by atoms with Crippen LogP contribution in [-0.4, -0.2) is 33.4 Å². The van der Waals surface area contributed by atoms with E-state index in [1.807, 2.05) is 6.92 Å². The summed E-state index contributed by atoms with van der Waals surface area (Å²) >= 11 is 0. The number of carboxylic acids is 2. The second-order valence-corrected chi connectivity index (χ2v) is 3.57. The first-order chi connectivity index (χ1) is 7.00. The Hall–Kier alpha value is -1.10. The van der Waals surface area contributed by atoms with Crippen molar-refractivity contribution in [2.75, 3.05) is 0 Å². The molecule has 15 heavy (non-hydrogen) atoms. The zero-order valence-electron chi connectivity index (χ0n) is 8.85. The van der Waals surface area contributed by atoms with Crippen molar-refractivity contribution in [1.29, 1.82) is 0 Å². The number of aliphatic carboxylic acids is 2. The molecule has 0 aliphatic carbocycles. The van der Waals surface area contributed by atoms with E-state index in [1.165, 1.54) is 0 Å². The van der Waals surface area contributed by atoms with Gasteiger partial charge >= 0.3 is 11.9 Å². The standard InChI is InChI=1S/C10H18O5/c1-2-3-4-5-6-7(11)8(9(12)13)10(14)15/h7-8,11H,2-6H2,1H3,(H,12,13)(H,14,15). The predicted octanol–water partition coefficient (Wildman–Crippen LogP) is 1.10. The van der Waals surface area contributed by atoms with Gasteiger partial charge in [0, 0.05) is 0 Å². The third-order valence-electron chi connectivity index (χ3n) is 2.27. The van der Waals surface area contributed by atoms with E-state index in [0.717, 1.165) is 19.3 Å². The zero-order chi connectivity index (χ0) is 11.8. The first kappa shape index (κ1) is 13.9. The normalized spacial score (nSPS) is 12.7. The zero-order valence-corrected chi connectivity index (χ0v) is 8.85. The Morgan fingerprint density at radius 2 is 1.60 bits per heavy atom. The Morgan fingerprint density at radius 3 is 2.00 bits per heavy atom. The second-order valence-electron chi connectivity index (χ2n) is 3.57. The number of carboxylic acid groups (broad SMARTS) is 2. The minimum atomic E-state index is -1.70. The van der Waals surface area contributed by atoms with Gasteiger partial charge in [-0.05, 0) is 6.42 Å². The molecule has 5 heteroatoms. The molecular formula is C10H18O5. The minimum Gasteiger partial charge on any atom is -0.481 e. The lowest BCUT2D eigenvalue weighted by atomic mass is 9.97. The number of carbonyl (C=O) groups is 2. The van der Waals surface area contributed by atoms with Crippen molar-refractivity contribution in [3.63, 3.8) is 0 Å². The van der Waals surface area contributed by atoms with E-state index < -0.39 is 24.0 Å². The summed E-state index contributed by atoms with van der Waals surface area (Å²) in [6.45, 7) is 2.04. The summed E-state index contributed by atoms with van der Waals surface area (Å²) in [5, 5.41) is 26.5. The van der Waals surface area contributed by atoms with E-state index in [-0.39, 0.29) is 6.42 Å². The van der Waals surface area contributed by atoms with E-state index in [2.05, 4.69) is 0 Å². The molecule has 0 saturated carbocycles. The summed E-state index contributed by atoms with van der Waals surface area (Å²) in [6.07, 6.45) is 2.53. The molecule has 0 aromatic carbocycles. The molecule has 0 spiro atoms.